The number of aryl methyl sites for hydroxylation is 1. The number of halogens is 3. The summed E-state index contributed by atoms with van der Waals surface area (Å²) in [7, 11) is 0. The fourth-order valence-corrected chi connectivity index (χ4v) is 2.37. The Labute approximate surface area is 120 Å². The number of nitrogens with zero attached hydrogens (tertiary/aromatic N) is 2. The number of carbonyl (C=O) groups excluding carboxylic acids is 1. The van der Waals surface area contributed by atoms with Crippen molar-refractivity contribution in [2.24, 2.45) is 0 Å². The van der Waals surface area contributed by atoms with Gasteiger partial charge >= 0.3 is 6.36 Å². The van der Waals surface area contributed by atoms with E-state index >= 15 is 0 Å². The SMILES string of the molecule is O=C(CCc1ccncc1)N1CCC(OC(F)(F)F)CC1. The van der Waals surface area contributed by atoms with Gasteiger partial charge in [0.1, 0.15) is 0 Å². The van der Waals surface area contributed by atoms with Crippen molar-refractivity contribution in [3.05, 3.63) is 30.1 Å². The summed E-state index contributed by atoms with van der Waals surface area (Å²) in [5.41, 5.74) is 1.02. The van der Waals surface area contributed by atoms with E-state index in [1.807, 2.05) is 12.1 Å². The van der Waals surface area contributed by atoms with Crippen molar-refractivity contribution in [1.29, 1.82) is 0 Å². The van der Waals surface area contributed by atoms with Crippen LogP contribution in [0.4, 0.5) is 13.2 Å². The number of piperidine rings is 1. The number of alkyl halides is 3. The smallest absolute Gasteiger partial charge is 0.342 e. The summed E-state index contributed by atoms with van der Waals surface area (Å²) in [5.74, 6) is -0.0303. The van der Waals surface area contributed by atoms with Crippen molar-refractivity contribution in [3.8, 4) is 0 Å². The summed E-state index contributed by atoms with van der Waals surface area (Å²) in [6.45, 7) is 0.631. The van der Waals surface area contributed by atoms with Gasteiger partial charge in [-0.25, -0.2) is 0 Å². The zero-order valence-electron chi connectivity index (χ0n) is 11.5. The lowest BCUT2D eigenvalue weighted by Crippen LogP contribution is -2.42. The van der Waals surface area contributed by atoms with Crippen molar-refractivity contribution in [3.63, 3.8) is 0 Å². The van der Waals surface area contributed by atoms with Gasteiger partial charge in [-0.3, -0.25) is 14.5 Å². The van der Waals surface area contributed by atoms with Crippen LogP contribution in [0.25, 0.3) is 0 Å². The molecule has 1 aromatic heterocycles. The lowest BCUT2D eigenvalue weighted by atomic mass is 10.1. The summed E-state index contributed by atoms with van der Waals surface area (Å²) >= 11 is 0. The zero-order valence-corrected chi connectivity index (χ0v) is 11.5. The molecule has 0 unspecified atom stereocenters. The number of hydrogen-bond acceptors (Lipinski definition) is 3. The van der Waals surface area contributed by atoms with Gasteiger partial charge in [0.15, 0.2) is 0 Å². The molecule has 116 valence electrons. The topological polar surface area (TPSA) is 42.4 Å². The molecule has 1 fully saturated rings. The van der Waals surface area contributed by atoms with Gasteiger partial charge in [-0.15, -0.1) is 13.2 Å². The third-order valence-electron chi connectivity index (χ3n) is 3.47. The Bertz CT molecular complexity index is 457. The van der Waals surface area contributed by atoms with Crippen LogP contribution in [0.15, 0.2) is 24.5 Å². The van der Waals surface area contributed by atoms with Gasteiger partial charge in [0.25, 0.3) is 0 Å². The van der Waals surface area contributed by atoms with Crippen LogP contribution in [0.5, 0.6) is 0 Å². The van der Waals surface area contributed by atoms with E-state index in [2.05, 4.69) is 9.72 Å². The van der Waals surface area contributed by atoms with Crippen molar-refractivity contribution >= 4 is 5.91 Å². The Hall–Kier alpha value is -1.63. The maximum Gasteiger partial charge on any atom is 0.522 e. The molecule has 0 aromatic carbocycles. The molecular formula is C14H17F3N2O2. The lowest BCUT2D eigenvalue weighted by Gasteiger charge is -2.32. The molecule has 1 amide bonds. The fourth-order valence-electron chi connectivity index (χ4n) is 2.37. The number of carbonyl (C=O) groups is 1. The molecule has 2 rings (SSSR count). The van der Waals surface area contributed by atoms with Crippen LogP contribution in [0.1, 0.15) is 24.8 Å². The molecule has 1 aliphatic rings. The summed E-state index contributed by atoms with van der Waals surface area (Å²) in [4.78, 5) is 17.5. The molecule has 1 aromatic rings. The molecule has 0 N–H and O–H groups in total. The quantitative estimate of drug-likeness (QED) is 0.858. The first-order valence-electron chi connectivity index (χ1n) is 6.85. The molecule has 4 nitrogen and oxygen atoms in total. The average Bonchev–Trinajstić information content (AvgIpc) is 2.45. The summed E-state index contributed by atoms with van der Waals surface area (Å²) in [6.07, 6.45) is -0.692. The number of amides is 1. The number of likely N-dealkylation sites (tertiary alicyclic amines) is 1. The predicted octanol–water partition coefficient (Wildman–Crippen LogP) is 2.54. The molecule has 1 saturated heterocycles. The molecule has 0 aliphatic carbocycles. The fraction of sp³-hybridized carbons (Fsp3) is 0.571. The van der Waals surface area contributed by atoms with E-state index in [-0.39, 0.29) is 18.7 Å². The average molecular weight is 302 g/mol. The minimum atomic E-state index is -4.60. The molecule has 0 radical (unpaired) electrons. The molecule has 7 heteroatoms. The maximum absolute atomic E-state index is 12.1. The van der Waals surface area contributed by atoms with Crippen LogP contribution in [0.2, 0.25) is 0 Å². The Morgan fingerprint density at radius 3 is 2.48 bits per heavy atom. The lowest BCUT2D eigenvalue weighted by molar-refractivity contribution is -0.345. The van der Waals surface area contributed by atoms with Crippen LogP contribution in [-0.4, -0.2) is 41.3 Å². The first-order valence-corrected chi connectivity index (χ1v) is 6.85. The second-order valence-electron chi connectivity index (χ2n) is 5.00. The molecular weight excluding hydrogens is 285 g/mol. The first-order chi connectivity index (χ1) is 9.94. The van der Waals surface area contributed by atoms with Gasteiger partial charge < -0.3 is 4.90 Å². The highest BCUT2D eigenvalue weighted by Gasteiger charge is 2.35. The van der Waals surface area contributed by atoms with Gasteiger partial charge in [-0.1, -0.05) is 0 Å². The van der Waals surface area contributed by atoms with Gasteiger partial charge in [-0.05, 0) is 37.0 Å². The number of ether oxygens (including phenoxy) is 1. The standard InChI is InChI=1S/C14H17F3N2O2/c15-14(16,17)21-12-5-9-19(10-6-12)13(20)2-1-11-3-7-18-8-4-11/h3-4,7-8,12H,1-2,5-6,9-10H2. The molecule has 0 spiro atoms. The van der Waals surface area contributed by atoms with E-state index in [1.54, 1.807) is 17.3 Å². The third kappa shape index (κ3) is 5.34. The Balaban J connectivity index is 1.73. The maximum atomic E-state index is 12.1. The van der Waals surface area contributed by atoms with Crippen molar-refractivity contribution < 1.29 is 22.7 Å². The van der Waals surface area contributed by atoms with Crippen molar-refractivity contribution in [2.75, 3.05) is 13.1 Å². The number of pyridine rings is 1. The highest BCUT2D eigenvalue weighted by atomic mass is 19.4. The van der Waals surface area contributed by atoms with E-state index in [9.17, 15) is 18.0 Å². The van der Waals surface area contributed by atoms with E-state index in [1.165, 1.54) is 0 Å². The van der Waals surface area contributed by atoms with E-state index in [4.69, 9.17) is 0 Å². The Kier molecular flexibility index (Phi) is 5.17. The van der Waals surface area contributed by atoms with Gasteiger partial charge in [0, 0.05) is 31.9 Å². The molecule has 1 aliphatic heterocycles. The number of rotatable bonds is 4. The first kappa shape index (κ1) is 15.8. The number of hydrogen-bond donors (Lipinski definition) is 0. The van der Waals surface area contributed by atoms with E-state index < -0.39 is 12.5 Å². The van der Waals surface area contributed by atoms with Gasteiger partial charge in [0.2, 0.25) is 5.91 Å². The Morgan fingerprint density at radius 1 is 1.29 bits per heavy atom. The van der Waals surface area contributed by atoms with Crippen LogP contribution >= 0.6 is 0 Å². The molecule has 0 atom stereocenters. The minimum absolute atomic E-state index is 0.0303. The largest absolute Gasteiger partial charge is 0.522 e. The number of aromatic nitrogens is 1. The second kappa shape index (κ2) is 6.89. The molecule has 2 heterocycles. The predicted molar refractivity (Wildman–Crippen MR) is 69.3 cm³/mol. The van der Waals surface area contributed by atoms with Crippen LogP contribution in [0.3, 0.4) is 0 Å². The normalized spacial score (nSPS) is 17.0. The molecule has 21 heavy (non-hydrogen) atoms. The van der Waals surface area contributed by atoms with Gasteiger partial charge in [0.05, 0.1) is 6.10 Å². The second-order valence-corrected chi connectivity index (χ2v) is 5.00. The van der Waals surface area contributed by atoms with Crippen LogP contribution in [-0.2, 0) is 16.0 Å². The molecule has 0 saturated carbocycles. The zero-order chi connectivity index (χ0) is 15.3. The molecule has 0 bridgehead atoms. The van der Waals surface area contributed by atoms with Crippen LogP contribution < -0.4 is 0 Å². The van der Waals surface area contributed by atoms with E-state index in [0.29, 0.717) is 25.9 Å². The Morgan fingerprint density at radius 2 is 1.90 bits per heavy atom. The van der Waals surface area contributed by atoms with Crippen molar-refractivity contribution in [2.45, 2.75) is 38.1 Å². The van der Waals surface area contributed by atoms with Crippen LogP contribution in [0, 0.1) is 0 Å². The minimum Gasteiger partial charge on any atom is -0.342 e. The third-order valence-corrected chi connectivity index (χ3v) is 3.47. The summed E-state index contributed by atoms with van der Waals surface area (Å²) in [5, 5.41) is 0. The van der Waals surface area contributed by atoms with E-state index in [0.717, 1.165) is 5.56 Å². The summed E-state index contributed by atoms with van der Waals surface area (Å²) in [6, 6.07) is 3.69. The highest BCUT2D eigenvalue weighted by molar-refractivity contribution is 5.76. The highest BCUT2D eigenvalue weighted by Crippen LogP contribution is 2.24. The summed E-state index contributed by atoms with van der Waals surface area (Å²) < 4.78 is 40.3. The van der Waals surface area contributed by atoms with Crippen molar-refractivity contribution in [1.82, 2.24) is 9.88 Å². The monoisotopic (exact) mass is 302 g/mol. The van der Waals surface area contributed by atoms with Gasteiger partial charge in [-0.2, -0.15) is 0 Å².